The second-order valence-electron chi connectivity index (χ2n) is 6.74. The Bertz CT molecular complexity index is 552. The van der Waals surface area contributed by atoms with E-state index in [1.54, 1.807) is 0 Å². The van der Waals surface area contributed by atoms with Crippen LogP contribution in [0.15, 0.2) is 24.3 Å². The summed E-state index contributed by atoms with van der Waals surface area (Å²) in [5, 5.41) is 3.17. The zero-order chi connectivity index (χ0) is 15.7. The van der Waals surface area contributed by atoms with Crippen molar-refractivity contribution in [2.75, 3.05) is 6.54 Å². The number of carbonyl (C=O) groups is 1. The first kappa shape index (κ1) is 18.1. The molecule has 0 bridgehead atoms. The number of rotatable bonds is 4. The summed E-state index contributed by atoms with van der Waals surface area (Å²) in [7, 11) is 0. The van der Waals surface area contributed by atoms with Gasteiger partial charge in [-0.1, -0.05) is 31.5 Å². The van der Waals surface area contributed by atoms with Crippen molar-refractivity contribution in [3.8, 4) is 5.75 Å². The van der Waals surface area contributed by atoms with Crippen molar-refractivity contribution >= 4 is 18.3 Å². The number of benzene rings is 1. The zero-order valence-electron chi connectivity index (χ0n) is 13.8. The van der Waals surface area contributed by atoms with Crippen LogP contribution < -0.4 is 15.8 Å². The van der Waals surface area contributed by atoms with E-state index in [1.165, 1.54) is 5.56 Å². The average Bonchev–Trinajstić information content (AvgIpc) is 3.12. The Morgan fingerprint density at radius 3 is 2.83 bits per heavy atom. The molecule has 1 amide bonds. The maximum atomic E-state index is 12.5. The highest BCUT2D eigenvalue weighted by Gasteiger charge is 2.38. The van der Waals surface area contributed by atoms with Crippen molar-refractivity contribution in [1.82, 2.24) is 5.32 Å². The third kappa shape index (κ3) is 3.48. The molecule has 5 atom stereocenters. The number of ether oxygens (including phenoxy) is 1. The Balaban J connectivity index is 0.00000192. The van der Waals surface area contributed by atoms with Crippen molar-refractivity contribution in [2.45, 2.75) is 51.2 Å². The van der Waals surface area contributed by atoms with Gasteiger partial charge in [0.25, 0.3) is 0 Å². The minimum atomic E-state index is -0.00563. The zero-order valence-corrected chi connectivity index (χ0v) is 14.6. The van der Waals surface area contributed by atoms with Gasteiger partial charge in [0, 0.05) is 17.4 Å². The summed E-state index contributed by atoms with van der Waals surface area (Å²) < 4.78 is 6.06. The summed E-state index contributed by atoms with van der Waals surface area (Å²) in [6.07, 6.45) is 3.14. The lowest BCUT2D eigenvalue weighted by atomic mass is 9.92. The number of hydrogen-bond donors (Lipinski definition) is 2. The van der Waals surface area contributed by atoms with Crippen LogP contribution in [-0.4, -0.2) is 24.6 Å². The Morgan fingerprint density at radius 2 is 2.13 bits per heavy atom. The molecule has 0 spiro atoms. The Hall–Kier alpha value is -1.26. The van der Waals surface area contributed by atoms with E-state index in [-0.39, 0.29) is 36.4 Å². The van der Waals surface area contributed by atoms with E-state index in [1.807, 2.05) is 25.1 Å². The molecule has 3 N–H and O–H groups in total. The number of para-hydroxylation sites is 1. The molecule has 1 saturated carbocycles. The van der Waals surface area contributed by atoms with E-state index in [0.29, 0.717) is 18.4 Å². The Morgan fingerprint density at radius 1 is 1.39 bits per heavy atom. The second-order valence-corrected chi connectivity index (χ2v) is 6.74. The van der Waals surface area contributed by atoms with Gasteiger partial charge in [-0.3, -0.25) is 4.79 Å². The number of fused-ring (bicyclic) bond motifs is 1. The van der Waals surface area contributed by atoms with E-state index in [0.717, 1.165) is 25.0 Å². The van der Waals surface area contributed by atoms with E-state index in [9.17, 15) is 4.79 Å². The summed E-state index contributed by atoms with van der Waals surface area (Å²) in [5.41, 5.74) is 7.02. The van der Waals surface area contributed by atoms with Crippen molar-refractivity contribution in [2.24, 2.45) is 17.6 Å². The first-order valence-electron chi connectivity index (χ1n) is 8.38. The number of nitrogens with one attached hydrogen (secondary N) is 1. The van der Waals surface area contributed by atoms with Gasteiger partial charge in [0.1, 0.15) is 11.9 Å². The van der Waals surface area contributed by atoms with Crippen LogP contribution in [0.25, 0.3) is 0 Å². The van der Waals surface area contributed by atoms with E-state index in [2.05, 4.69) is 18.3 Å². The van der Waals surface area contributed by atoms with Crippen LogP contribution in [0.1, 0.15) is 44.6 Å². The molecule has 128 valence electrons. The molecule has 3 rings (SSSR count). The Kier molecular flexibility index (Phi) is 5.93. The van der Waals surface area contributed by atoms with Gasteiger partial charge in [-0.2, -0.15) is 0 Å². The molecule has 1 aromatic rings. The van der Waals surface area contributed by atoms with Gasteiger partial charge in [-0.25, -0.2) is 0 Å². The van der Waals surface area contributed by atoms with Gasteiger partial charge in [0.05, 0.1) is 6.04 Å². The largest absolute Gasteiger partial charge is 0.487 e. The average molecular weight is 339 g/mol. The van der Waals surface area contributed by atoms with Crippen LogP contribution in [0.2, 0.25) is 0 Å². The number of halogens is 1. The highest BCUT2D eigenvalue weighted by atomic mass is 35.5. The molecule has 2 aliphatic rings. The third-order valence-electron chi connectivity index (χ3n) is 5.33. The van der Waals surface area contributed by atoms with Gasteiger partial charge in [-0.15, -0.1) is 12.4 Å². The van der Waals surface area contributed by atoms with Crippen LogP contribution in [0, 0.1) is 11.8 Å². The molecule has 4 nitrogen and oxygen atoms in total. The van der Waals surface area contributed by atoms with E-state index < -0.39 is 0 Å². The molecule has 0 radical (unpaired) electrons. The maximum Gasteiger partial charge on any atom is 0.223 e. The molecule has 1 aliphatic carbocycles. The van der Waals surface area contributed by atoms with Crippen molar-refractivity contribution < 1.29 is 9.53 Å². The minimum Gasteiger partial charge on any atom is -0.487 e. The van der Waals surface area contributed by atoms with Crippen LogP contribution >= 0.6 is 12.4 Å². The molecule has 1 aliphatic heterocycles. The normalized spacial score (nSPS) is 30.0. The van der Waals surface area contributed by atoms with Crippen molar-refractivity contribution in [3.63, 3.8) is 0 Å². The molecule has 0 saturated heterocycles. The fraction of sp³-hybridized carbons (Fsp3) is 0.611. The highest BCUT2D eigenvalue weighted by molar-refractivity contribution is 5.85. The predicted octanol–water partition coefficient (Wildman–Crippen LogP) is 2.85. The minimum absolute atomic E-state index is 0. The lowest BCUT2D eigenvalue weighted by Gasteiger charge is -2.26. The Labute approximate surface area is 144 Å². The number of carbonyl (C=O) groups excluding carboxylic acids is 1. The van der Waals surface area contributed by atoms with Crippen LogP contribution in [-0.2, 0) is 4.79 Å². The predicted molar refractivity (Wildman–Crippen MR) is 94.0 cm³/mol. The summed E-state index contributed by atoms with van der Waals surface area (Å²) in [6.45, 7) is 4.81. The first-order valence-corrected chi connectivity index (χ1v) is 8.38. The number of nitrogens with two attached hydrogens (primary N) is 1. The smallest absolute Gasteiger partial charge is 0.223 e. The van der Waals surface area contributed by atoms with E-state index in [4.69, 9.17) is 10.5 Å². The van der Waals surface area contributed by atoms with Crippen LogP contribution in [0.4, 0.5) is 0 Å². The van der Waals surface area contributed by atoms with Crippen LogP contribution in [0.5, 0.6) is 5.75 Å². The van der Waals surface area contributed by atoms with Crippen LogP contribution in [0.3, 0.4) is 0 Å². The summed E-state index contributed by atoms with van der Waals surface area (Å²) in [4.78, 5) is 12.5. The van der Waals surface area contributed by atoms with E-state index >= 15 is 0 Å². The standard InChI is InChI=1S/C18H26N2O2.ClH/c1-11-14-7-3-4-9-16(14)22-17(11)12(2)20-18(21)15-8-5-6-13(15)10-19;/h3-4,7,9,11-13,15,17H,5-6,8,10,19H2,1-2H3,(H,20,21);1H/t11?,12?,13-,15-,17?;/m1./s1. The molecule has 3 unspecified atom stereocenters. The fourth-order valence-electron chi connectivity index (χ4n) is 4.00. The molecule has 5 heteroatoms. The van der Waals surface area contributed by atoms with Gasteiger partial charge in [0.15, 0.2) is 0 Å². The lowest BCUT2D eigenvalue weighted by Crippen LogP contribution is -2.47. The molecule has 1 fully saturated rings. The molecule has 23 heavy (non-hydrogen) atoms. The quantitative estimate of drug-likeness (QED) is 0.887. The summed E-state index contributed by atoms with van der Waals surface area (Å²) in [5.74, 6) is 1.80. The lowest BCUT2D eigenvalue weighted by molar-refractivity contribution is -0.127. The molecular formula is C18H27ClN2O2. The summed E-state index contributed by atoms with van der Waals surface area (Å²) in [6, 6.07) is 8.13. The molecule has 1 aromatic carbocycles. The van der Waals surface area contributed by atoms with Gasteiger partial charge in [-0.05, 0) is 38.3 Å². The topological polar surface area (TPSA) is 64.4 Å². The monoisotopic (exact) mass is 338 g/mol. The second kappa shape index (κ2) is 7.54. The van der Waals surface area contributed by atoms with Crippen molar-refractivity contribution in [3.05, 3.63) is 29.8 Å². The van der Waals surface area contributed by atoms with Crippen molar-refractivity contribution in [1.29, 1.82) is 0 Å². The SMILES string of the molecule is CC(NC(=O)[C@@H]1CCC[C@@H]1CN)C1Oc2ccccc2C1C.Cl. The number of amides is 1. The van der Waals surface area contributed by atoms with Gasteiger partial charge in [0.2, 0.25) is 5.91 Å². The fourth-order valence-corrected chi connectivity index (χ4v) is 4.00. The third-order valence-corrected chi connectivity index (χ3v) is 5.33. The highest BCUT2D eigenvalue weighted by Crippen LogP contribution is 2.39. The van der Waals surface area contributed by atoms with Gasteiger partial charge < -0.3 is 15.8 Å². The van der Waals surface area contributed by atoms with Gasteiger partial charge >= 0.3 is 0 Å². The number of hydrogen-bond acceptors (Lipinski definition) is 3. The molecule has 1 heterocycles. The maximum absolute atomic E-state index is 12.5. The molecule has 0 aromatic heterocycles. The molecular weight excluding hydrogens is 312 g/mol. The summed E-state index contributed by atoms with van der Waals surface area (Å²) >= 11 is 0. The first-order chi connectivity index (χ1) is 10.6.